The fourth-order valence-electron chi connectivity index (χ4n) is 1.27. The first-order chi connectivity index (χ1) is 8.38. The van der Waals surface area contributed by atoms with E-state index in [4.69, 9.17) is 0 Å². The summed E-state index contributed by atoms with van der Waals surface area (Å²) in [4.78, 5) is 16.2. The number of nitrogens with one attached hydrogen (secondary N) is 2. The van der Waals surface area contributed by atoms with E-state index in [0.717, 1.165) is 18.8 Å². The van der Waals surface area contributed by atoms with Gasteiger partial charge in [0.15, 0.2) is 0 Å². The van der Waals surface area contributed by atoms with Crippen LogP contribution in [0.2, 0.25) is 0 Å². The van der Waals surface area contributed by atoms with Gasteiger partial charge < -0.3 is 10.6 Å². The van der Waals surface area contributed by atoms with Crippen molar-refractivity contribution in [3.63, 3.8) is 0 Å². The van der Waals surface area contributed by atoms with Crippen molar-refractivity contribution in [2.45, 2.75) is 13.3 Å². The zero-order chi connectivity index (χ0) is 11.9. The summed E-state index contributed by atoms with van der Waals surface area (Å²) in [5.41, 5.74) is 0. The van der Waals surface area contributed by atoms with Gasteiger partial charge in [0.25, 0.3) is 0 Å². The van der Waals surface area contributed by atoms with Crippen LogP contribution in [0.3, 0.4) is 0 Å². The van der Waals surface area contributed by atoms with E-state index in [9.17, 15) is 0 Å². The second kappa shape index (κ2) is 5.74. The second-order valence-electron chi connectivity index (χ2n) is 3.43. The average molecular weight is 230 g/mol. The van der Waals surface area contributed by atoms with Crippen LogP contribution in [0.4, 0.5) is 17.5 Å². The van der Waals surface area contributed by atoms with Gasteiger partial charge in [-0.15, -0.1) is 0 Å². The molecule has 2 aromatic heterocycles. The van der Waals surface area contributed by atoms with Crippen LogP contribution in [0.25, 0.3) is 0 Å². The van der Waals surface area contributed by atoms with Crippen molar-refractivity contribution in [2.75, 3.05) is 17.2 Å². The highest BCUT2D eigenvalue weighted by Gasteiger charge is 1.99. The van der Waals surface area contributed by atoms with Crippen LogP contribution in [0.15, 0.2) is 31.0 Å². The number of nitrogens with zero attached hydrogens (tertiary/aromatic N) is 4. The minimum atomic E-state index is 0.706. The molecule has 0 saturated carbocycles. The predicted octanol–water partition coefficient (Wildman–Crippen LogP) is 1.83. The third-order valence-electron chi connectivity index (χ3n) is 2.06. The third-order valence-corrected chi connectivity index (χ3v) is 2.06. The molecule has 0 radical (unpaired) electrons. The van der Waals surface area contributed by atoms with Crippen LogP contribution in [0.1, 0.15) is 13.3 Å². The van der Waals surface area contributed by atoms with Crippen LogP contribution in [0.5, 0.6) is 0 Å². The monoisotopic (exact) mass is 230 g/mol. The minimum Gasteiger partial charge on any atom is -0.370 e. The van der Waals surface area contributed by atoms with Gasteiger partial charge in [-0.2, -0.15) is 0 Å². The van der Waals surface area contributed by atoms with E-state index in [1.54, 1.807) is 12.3 Å². The van der Waals surface area contributed by atoms with Crippen molar-refractivity contribution >= 4 is 17.5 Å². The van der Waals surface area contributed by atoms with Crippen molar-refractivity contribution in [1.29, 1.82) is 0 Å². The van der Waals surface area contributed by atoms with E-state index in [0.29, 0.717) is 11.6 Å². The summed E-state index contributed by atoms with van der Waals surface area (Å²) < 4.78 is 0. The molecular weight excluding hydrogens is 216 g/mol. The Morgan fingerprint density at radius 1 is 1.06 bits per heavy atom. The summed E-state index contributed by atoms with van der Waals surface area (Å²) in [5, 5.41) is 6.28. The van der Waals surface area contributed by atoms with E-state index in [-0.39, 0.29) is 0 Å². The molecule has 0 amide bonds. The van der Waals surface area contributed by atoms with Crippen LogP contribution >= 0.6 is 0 Å². The Labute approximate surface area is 99.6 Å². The SMILES string of the molecule is CCCNc1cc(Nc2ccncn2)ncn1. The lowest BCUT2D eigenvalue weighted by atomic mass is 10.4. The second-order valence-corrected chi connectivity index (χ2v) is 3.43. The summed E-state index contributed by atoms with van der Waals surface area (Å²) >= 11 is 0. The molecule has 6 nitrogen and oxygen atoms in total. The van der Waals surface area contributed by atoms with Crippen LogP contribution in [0, 0.1) is 0 Å². The van der Waals surface area contributed by atoms with Crippen molar-refractivity contribution in [3.8, 4) is 0 Å². The van der Waals surface area contributed by atoms with Crippen molar-refractivity contribution < 1.29 is 0 Å². The zero-order valence-electron chi connectivity index (χ0n) is 9.59. The molecule has 2 heterocycles. The number of hydrogen-bond acceptors (Lipinski definition) is 6. The van der Waals surface area contributed by atoms with Gasteiger partial charge in [-0.3, -0.25) is 0 Å². The number of aromatic nitrogens is 4. The average Bonchev–Trinajstić information content (AvgIpc) is 2.38. The maximum absolute atomic E-state index is 4.12. The highest BCUT2D eigenvalue weighted by Crippen LogP contribution is 2.13. The van der Waals surface area contributed by atoms with E-state index in [1.807, 2.05) is 6.07 Å². The molecule has 0 aromatic carbocycles. The van der Waals surface area contributed by atoms with E-state index < -0.39 is 0 Å². The first-order valence-corrected chi connectivity index (χ1v) is 5.47. The van der Waals surface area contributed by atoms with E-state index in [1.165, 1.54) is 12.7 Å². The smallest absolute Gasteiger partial charge is 0.137 e. The van der Waals surface area contributed by atoms with Gasteiger partial charge in [0.05, 0.1) is 0 Å². The molecule has 0 unspecified atom stereocenters. The maximum atomic E-state index is 4.12. The minimum absolute atomic E-state index is 0.706. The molecule has 2 rings (SSSR count). The molecule has 0 fully saturated rings. The summed E-state index contributed by atoms with van der Waals surface area (Å²) in [7, 11) is 0. The number of hydrogen-bond donors (Lipinski definition) is 2. The predicted molar refractivity (Wildman–Crippen MR) is 66.1 cm³/mol. The molecule has 0 spiro atoms. The largest absolute Gasteiger partial charge is 0.370 e. The van der Waals surface area contributed by atoms with Gasteiger partial charge in [-0.25, -0.2) is 19.9 Å². The molecule has 0 saturated heterocycles. The molecule has 2 N–H and O–H groups in total. The van der Waals surface area contributed by atoms with Crippen molar-refractivity contribution in [2.24, 2.45) is 0 Å². The lowest BCUT2D eigenvalue weighted by molar-refractivity contribution is 0.965. The summed E-state index contributed by atoms with van der Waals surface area (Å²) in [6.07, 6.45) is 5.73. The van der Waals surface area contributed by atoms with Crippen LogP contribution < -0.4 is 10.6 Å². The molecule has 0 aliphatic rings. The van der Waals surface area contributed by atoms with Gasteiger partial charge in [-0.05, 0) is 12.5 Å². The van der Waals surface area contributed by atoms with Crippen molar-refractivity contribution in [1.82, 2.24) is 19.9 Å². The molecule has 88 valence electrons. The molecule has 0 bridgehead atoms. The van der Waals surface area contributed by atoms with Gasteiger partial charge in [0, 0.05) is 18.8 Å². The van der Waals surface area contributed by atoms with Gasteiger partial charge >= 0.3 is 0 Å². The molecule has 2 aromatic rings. The van der Waals surface area contributed by atoms with Crippen LogP contribution in [-0.2, 0) is 0 Å². The molecule has 0 atom stereocenters. The third kappa shape index (κ3) is 3.37. The Hall–Kier alpha value is -2.24. The quantitative estimate of drug-likeness (QED) is 0.816. The molecular formula is C11H14N6. The summed E-state index contributed by atoms with van der Waals surface area (Å²) in [6.45, 7) is 3.00. The Morgan fingerprint density at radius 2 is 1.88 bits per heavy atom. The maximum Gasteiger partial charge on any atom is 0.137 e. The first kappa shape index (κ1) is 11.3. The highest BCUT2D eigenvalue weighted by atomic mass is 15.1. The van der Waals surface area contributed by atoms with Gasteiger partial charge in [0.1, 0.15) is 30.1 Å². The zero-order valence-corrected chi connectivity index (χ0v) is 9.59. The fourth-order valence-corrected chi connectivity index (χ4v) is 1.27. The Bertz CT molecular complexity index is 459. The van der Waals surface area contributed by atoms with Gasteiger partial charge in [0.2, 0.25) is 0 Å². The molecule has 0 aliphatic carbocycles. The van der Waals surface area contributed by atoms with Crippen LogP contribution in [-0.4, -0.2) is 26.5 Å². The lowest BCUT2D eigenvalue weighted by Gasteiger charge is -2.06. The van der Waals surface area contributed by atoms with E-state index in [2.05, 4.69) is 37.5 Å². The lowest BCUT2D eigenvalue weighted by Crippen LogP contribution is -2.03. The Balaban J connectivity index is 2.06. The fraction of sp³-hybridized carbons (Fsp3) is 0.273. The number of anilines is 3. The Morgan fingerprint density at radius 3 is 2.65 bits per heavy atom. The molecule has 17 heavy (non-hydrogen) atoms. The summed E-state index contributed by atoms with van der Waals surface area (Å²) in [6, 6.07) is 3.62. The Kier molecular flexibility index (Phi) is 3.80. The first-order valence-electron chi connectivity index (χ1n) is 5.47. The normalized spacial score (nSPS) is 9.94. The summed E-state index contributed by atoms with van der Waals surface area (Å²) in [5.74, 6) is 2.22. The molecule has 6 heteroatoms. The van der Waals surface area contributed by atoms with E-state index >= 15 is 0 Å². The topological polar surface area (TPSA) is 75.6 Å². The standard InChI is InChI=1S/C11H14N6/c1-2-4-13-10-6-11(16-8-15-10)17-9-3-5-12-7-14-9/h3,5-8H,2,4H2,1H3,(H2,12,13,14,15,16,17). The van der Waals surface area contributed by atoms with Crippen molar-refractivity contribution in [3.05, 3.63) is 31.0 Å². The highest BCUT2D eigenvalue weighted by molar-refractivity contribution is 5.54. The van der Waals surface area contributed by atoms with Gasteiger partial charge in [-0.1, -0.05) is 6.92 Å². The number of rotatable bonds is 5. The molecule has 0 aliphatic heterocycles.